The summed E-state index contributed by atoms with van der Waals surface area (Å²) < 4.78 is 22.8. The van der Waals surface area contributed by atoms with Gasteiger partial charge in [0.1, 0.15) is 30.5 Å². The molecule has 0 amide bonds. The van der Waals surface area contributed by atoms with Crippen LogP contribution in [0.2, 0.25) is 0 Å². The number of hydrogen-bond donors (Lipinski definition) is 4. The number of unbranched alkanes of at least 4 members (excludes halogenated alkanes) is 25. The van der Waals surface area contributed by atoms with Crippen LogP contribution in [0, 0.1) is 0 Å². The van der Waals surface area contributed by atoms with Crippen LogP contribution in [0.3, 0.4) is 0 Å². The predicted octanol–water partition coefficient (Wildman–Crippen LogP) is 8.69. The third-order valence-corrected chi connectivity index (χ3v) is 10.0. The summed E-state index contributed by atoms with van der Waals surface area (Å²) in [6.07, 6.45) is 27.0. The maximum atomic E-state index is 12.7. The quantitative estimate of drug-likeness (QED) is 0.0371. The third-order valence-electron chi connectivity index (χ3n) is 10.0. The molecule has 0 spiro atoms. The van der Waals surface area contributed by atoms with Crippen molar-refractivity contribution in [1.29, 1.82) is 0 Å². The van der Waals surface area contributed by atoms with E-state index in [1.54, 1.807) is 0 Å². The first-order valence-electron chi connectivity index (χ1n) is 21.1. The van der Waals surface area contributed by atoms with Crippen LogP contribution in [0.15, 0.2) is 0 Å². The van der Waals surface area contributed by atoms with E-state index < -0.39 is 43.4 Å². The fraction of sp³-hybridized carbons (Fsp3) is 0.976. The second-order valence-corrected chi connectivity index (χ2v) is 14.8. The molecule has 1 fully saturated rings. The van der Waals surface area contributed by atoms with Crippen LogP contribution in [-0.2, 0) is 23.7 Å². The molecule has 0 aromatic heterocycles. The molecular weight excluding hydrogens is 636 g/mol. The van der Waals surface area contributed by atoms with Crippen LogP contribution >= 0.6 is 0 Å². The van der Waals surface area contributed by atoms with E-state index in [0.717, 1.165) is 32.1 Å². The Balaban J connectivity index is 2.26. The van der Waals surface area contributed by atoms with Gasteiger partial charge in [-0.3, -0.25) is 4.79 Å². The second-order valence-electron chi connectivity index (χ2n) is 14.8. The highest BCUT2D eigenvalue weighted by molar-refractivity contribution is 5.69. The van der Waals surface area contributed by atoms with Crippen molar-refractivity contribution in [1.82, 2.24) is 0 Å². The Morgan fingerprint density at radius 2 is 0.980 bits per heavy atom. The van der Waals surface area contributed by atoms with E-state index >= 15 is 0 Å². The maximum absolute atomic E-state index is 12.7. The molecule has 1 heterocycles. The van der Waals surface area contributed by atoms with Crippen molar-refractivity contribution in [3.63, 3.8) is 0 Å². The molecule has 0 aromatic carbocycles. The van der Waals surface area contributed by atoms with Gasteiger partial charge in [0.2, 0.25) is 0 Å². The van der Waals surface area contributed by atoms with Gasteiger partial charge in [-0.1, -0.05) is 174 Å². The van der Waals surface area contributed by atoms with E-state index in [2.05, 4.69) is 13.8 Å². The highest BCUT2D eigenvalue weighted by atomic mass is 16.7. The average Bonchev–Trinajstić information content (AvgIpc) is 3.11. The fourth-order valence-electron chi connectivity index (χ4n) is 6.67. The number of esters is 1. The molecule has 6 atom stereocenters. The zero-order chi connectivity index (χ0) is 36.5. The predicted molar refractivity (Wildman–Crippen MR) is 201 cm³/mol. The van der Waals surface area contributed by atoms with Crippen LogP contribution in [-0.4, -0.2) is 89.6 Å². The second kappa shape index (κ2) is 34.0. The first-order chi connectivity index (χ1) is 24.4. The van der Waals surface area contributed by atoms with Crippen LogP contribution in [0.25, 0.3) is 0 Å². The van der Waals surface area contributed by atoms with E-state index in [0.29, 0.717) is 13.0 Å². The number of ether oxygens (including phenoxy) is 4. The third kappa shape index (κ3) is 25.2. The lowest BCUT2D eigenvalue weighted by Crippen LogP contribution is -2.59. The van der Waals surface area contributed by atoms with E-state index in [-0.39, 0.29) is 19.2 Å². The molecule has 6 unspecified atom stereocenters. The first-order valence-corrected chi connectivity index (χ1v) is 21.1. The molecule has 1 aliphatic rings. The van der Waals surface area contributed by atoms with E-state index in [1.807, 2.05) is 0 Å². The number of rotatable bonds is 36. The van der Waals surface area contributed by atoms with Gasteiger partial charge >= 0.3 is 5.97 Å². The molecule has 1 aliphatic heterocycles. The monoisotopic (exact) mass is 717 g/mol. The van der Waals surface area contributed by atoms with Gasteiger partial charge in [0.25, 0.3) is 0 Å². The van der Waals surface area contributed by atoms with Gasteiger partial charge in [-0.2, -0.15) is 0 Å². The maximum Gasteiger partial charge on any atom is 0.306 e. The van der Waals surface area contributed by atoms with E-state index in [1.165, 1.54) is 141 Å². The smallest absolute Gasteiger partial charge is 0.306 e. The van der Waals surface area contributed by atoms with Crippen molar-refractivity contribution in [3.8, 4) is 0 Å². The molecule has 9 heteroatoms. The summed E-state index contributed by atoms with van der Waals surface area (Å²) in [5.74, 6) is -0.311. The Morgan fingerprint density at radius 1 is 0.560 bits per heavy atom. The summed E-state index contributed by atoms with van der Waals surface area (Å²) in [4.78, 5) is 12.7. The van der Waals surface area contributed by atoms with Gasteiger partial charge in [0.05, 0.1) is 19.8 Å². The van der Waals surface area contributed by atoms with Crippen LogP contribution in [0.1, 0.15) is 194 Å². The number of hydrogen-bond acceptors (Lipinski definition) is 9. The van der Waals surface area contributed by atoms with Gasteiger partial charge in [-0.15, -0.1) is 0 Å². The van der Waals surface area contributed by atoms with Crippen molar-refractivity contribution in [3.05, 3.63) is 0 Å². The lowest BCUT2D eigenvalue weighted by molar-refractivity contribution is -0.305. The fourth-order valence-corrected chi connectivity index (χ4v) is 6.67. The van der Waals surface area contributed by atoms with Crippen molar-refractivity contribution in [2.45, 2.75) is 230 Å². The summed E-state index contributed by atoms with van der Waals surface area (Å²) >= 11 is 0. The summed E-state index contributed by atoms with van der Waals surface area (Å²) in [5, 5.41) is 40.0. The minimum atomic E-state index is -1.53. The molecule has 1 rings (SSSR count). The van der Waals surface area contributed by atoms with Gasteiger partial charge in [-0.25, -0.2) is 0 Å². The molecule has 0 aliphatic carbocycles. The lowest BCUT2D eigenvalue weighted by Gasteiger charge is -2.39. The van der Waals surface area contributed by atoms with E-state index in [4.69, 9.17) is 18.9 Å². The van der Waals surface area contributed by atoms with Crippen LogP contribution in [0.5, 0.6) is 0 Å². The Morgan fingerprint density at radius 3 is 1.42 bits per heavy atom. The Labute approximate surface area is 306 Å². The number of aliphatic hydroxyl groups is 4. The van der Waals surface area contributed by atoms with Gasteiger partial charge in [0.15, 0.2) is 6.29 Å². The normalized spacial score (nSPS) is 21.4. The average molecular weight is 717 g/mol. The summed E-state index contributed by atoms with van der Waals surface area (Å²) in [5.41, 5.74) is 0. The molecule has 50 heavy (non-hydrogen) atoms. The molecule has 9 nitrogen and oxygen atoms in total. The van der Waals surface area contributed by atoms with Crippen molar-refractivity contribution >= 4 is 5.97 Å². The van der Waals surface area contributed by atoms with Gasteiger partial charge in [0, 0.05) is 13.0 Å². The molecule has 0 aromatic rings. The summed E-state index contributed by atoms with van der Waals surface area (Å²) in [6.45, 7) is 4.58. The number of carbonyl (C=O) groups is 1. The minimum absolute atomic E-state index is 0.106. The number of carbonyl (C=O) groups excluding carboxylic acids is 1. The van der Waals surface area contributed by atoms with Crippen LogP contribution < -0.4 is 0 Å². The molecule has 1 saturated heterocycles. The highest BCUT2D eigenvalue weighted by Crippen LogP contribution is 2.22. The van der Waals surface area contributed by atoms with Gasteiger partial charge in [-0.05, 0) is 12.8 Å². The zero-order valence-corrected chi connectivity index (χ0v) is 32.4. The molecule has 0 saturated carbocycles. The standard InChI is InChI=1S/C41H80O9/c1-3-5-7-9-11-13-15-16-17-18-19-21-23-25-27-29-31-47-33-35(34-48-41-40(46)39(45)38(44)36(32-42)50-41)49-37(43)30-28-26-24-22-20-14-12-10-8-6-4-2/h35-36,38-42,44-46H,3-34H2,1-2H3. The Hall–Kier alpha value is -0.810. The minimum Gasteiger partial charge on any atom is -0.457 e. The Bertz CT molecular complexity index is 737. The zero-order valence-electron chi connectivity index (χ0n) is 32.4. The molecule has 0 bridgehead atoms. The van der Waals surface area contributed by atoms with Crippen molar-refractivity contribution < 1.29 is 44.2 Å². The number of aliphatic hydroxyl groups excluding tert-OH is 4. The highest BCUT2D eigenvalue weighted by Gasteiger charge is 2.44. The first kappa shape index (κ1) is 47.2. The lowest BCUT2D eigenvalue weighted by atomic mass is 9.99. The topological polar surface area (TPSA) is 135 Å². The Kier molecular flexibility index (Phi) is 32.1. The van der Waals surface area contributed by atoms with Crippen molar-refractivity contribution in [2.75, 3.05) is 26.4 Å². The largest absolute Gasteiger partial charge is 0.457 e. The SMILES string of the molecule is CCCCCCCCCCCCCCCCCCOCC(COC1OC(CO)C(O)C(O)C1O)OC(=O)CCCCCCCCCCCCC. The van der Waals surface area contributed by atoms with Crippen LogP contribution in [0.4, 0.5) is 0 Å². The van der Waals surface area contributed by atoms with Gasteiger partial charge < -0.3 is 39.4 Å². The van der Waals surface area contributed by atoms with E-state index in [9.17, 15) is 25.2 Å². The molecular formula is C41H80O9. The summed E-state index contributed by atoms with van der Waals surface area (Å²) in [6, 6.07) is 0. The molecule has 0 radical (unpaired) electrons. The van der Waals surface area contributed by atoms with Crippen molar-refractivity contribution in [2.24, 2.45) is 0 Å². The summed E-state index contributed by atoms with van der Waals surface area (Å²) in [7, 11) is 0. The molecule has 4 N–H and O–H groups in total. The molecule has 298 valence electrons.